The zero-order valence-corrected chi connectivity index (χ0v) is 20.0. The highest BCUT2D eigenvalue weighted by molar-refractivity contribution is 7.18. The van der Waals surface area contributed by atoms with Crippen LogP contribution in [0.25, 0.3) is 10.2 Å². The molecule has 7 nitrogen and oxygen atoms in total. The summed E-state index contributed by atoms with van der Waals surface area (Å²) >= 11 is 1.67. The summed E-state index contributed by atoms with van der Waals surface area (Å²) in [7, 11) is 0. The number of benzene rings is 1. The standard InChI is InChI=1S/C25H29FN4O3S/c26-17-5-3-6-18(15-17)33-14-4-9-22(31)30-12-10-29(11-13-30)16-21-27-24(32)23-19-7-1-2-8-20(19)34-25(23)28-21/h3,5-6,15H,1-2,4,7-14,16H2,(H,27,28,32). The number of amides is 1. The highest BCUT2D eigenvalue weighted by Crippen LogP contribution is 2.33. The van der Waals surface area contributed by atoms with Gasteiger partial charge in [0.25, 0.3) is 5.56 Å². The van der Waals surface area contributed by atoms with Gasteiger partial charge in [0, 0.05) is 43.5 Å². The van der Waals surface area contributed by atoms with Crippen molar-refractivity contribution in [3.05, 3.63) is 56.7 Å². The summed E-state index contributed by atoms with van der Waals surface area (Å²) in [4.78, 5) is 39.4. The molecule has 9 heteroatoms. The topological polar surface area (TPSA) is 78.5 Å². The van der Waals surface area contributed by atoms with Gasteiger partial charge in [-0.1, -0.05) is 6.07 Å². The molecular weight excluding hydrogens is 455 g/mol. The molecule has 1 amide bonds. The molecule has 3 aromatic rings. The molecular formula is C25H29FN4O3S. The second-order valence-corrected chi connectivity index (χ2v) is 10.1. The number of aryl methyl sites for hydroxylation is 2. The lowest BCUT2D eigenvalue weighted by atomic mass is 9.97. The van der Waals surface area contributed by atoms with Gasteiger partial charge in [0.05, 0.1) is 18.5 Å². The van der Waals surface area contributed by atoms with Crippen molar-refractivity contribution >= 4 is 27.5 Å². The molecule has 0 atom stereocenters. The number of rotatable bonds is 7. The fourth-order valence-corrected chi connectivity index (χ4v) is 6.06. The Bertz CT molecular complexity index is 1230. The molecule has 1 N–H and O–H groups in total. The summed E-state index contributed by atoms with van der Waals surface area (Å²) in [6.07, 6.45) is 5.36. The second-order valence-electron chi connectivity index (χ2n) is 8.97. The quantitative estimate of drug-likeness (QED) is 0.520. The summed E-state index contributed by atoms with van der Waals surface area (Å²) in [6.45, 7) is 3.76. The molecule has 1 aromatic carbocycles. The van der Waals surface area contributed by atoms with Gasteiger partial charge in [0.1, 0.15) is 22.2 Å². The lowest BCUT2D eigenvalue weighted by Crippen LogP contribution is -2.48. The van der Waals surface area contributed by atoms with E-state index in [-0.39, 0.29) is 17.3 Å². The predicted octanol–water partition coefficient (Wildman–Crippen LogP) is 3.51. The molecule has 0 spiro atoms. The number of fused-ring (bicyclic) bond motifs is 3. The molecule has 2 aliphatic rings. The van der Waals surface area contributed by atoms with Gasteiger partial charge in [0.15, 0.2) is 0 Å². The number of aromatic nitrogens is 2. The molecule has 1 aliphatic carbocycles. The van der Waals surface area contributed by atoms with Crippen molar-refractivity contribution in [1.82, 2.24) is 19.8 Å². The van der Waals surface area contributed by atoms with Gasteiger partial charge in [-0.15, -0.1) is 11.3 Å². The van der Waals surface area contributed by atoms with E-state index in [1.54, 1.807) is 23.5 Å². The van der Waals surface area contributed by atoms with Crippen molar-refractivity contribution in [2.45, 2.75) is 45.1 Å². The summed E-state index contributed by atoms with van der Waals surface area (Å²) in [5.41, 5.74) is 1.19. The van der Waals surface area contributed by atoms with Crippen molar-refractivity contribution in [2.24, 2.45) is 0 Å². The Hall–Kier alpha value is -2.78. The second kappa shape index (κ2) is 10.2. The van der Waals surface area contributed by atoms with E-state index < -0.39 is 0 Å². The minimum Gasteiger partial charge on any atom is -0.493 e. The first kappa shape index (κ1) is 23.0. The highest BCUT2D eigenvalue weighted by atomic mass is 32.1. The zero-order chi connectivity index (χ0) is 23.5. The first-order chi connectivity index (χ1) is 16.6. The fraction of sp³-hybridized carbons (Fsp3) is 0.480. The maximum atomic E-state index is 13.2. The van der Waals surface area contributed by atoms with E-state index in [9.17, 15) is 14.0 Å². The van der Waals surface area contributed by atoms with Crippen LogP contribution < -0.4 is 10.3 Å². The summed E-state index contributed by atoms with van der Waals surface area (Å²) in [5.74, 6) is 0.957. The number of piperazine rings is 1. The Morgan fingerprint density at radius 1 is 1.18 bits per heavy atom. The van der Waals surface area contributed by atoms with Gasteiger partial charge >= 0.3 is 0 Å². The lowest BCUT2D eigenvalue weighted by Gasteiger charge is -2.34. The molecule has 180 valence electrons. The minimum atomic E-state index is -0.333. The molecule has 1 aliphatic heterocycles. The third kappa shape index (κ3) is 5.15. The lowest BCUT2D eigenvalue weighted by molar-refractivity contribution is -0.133. The maximum Gasteiger partial charge on any atom is 0.259 e. The van der Waals surface area contributed by atoms with Gasteiger partial charge in [0.2, 0.25) is 5.91 Å². The number of thiophene rings is 1. The van der Waals surface area contributed by atoms with E-state index in [4.69, 9.17) is 9.72 Å². The Balaban J connectivity index is 1.10. The van der Waals surface area contributed by atoms with Crippen molar-refractivity contribution in [3.63, 3.8) is 0 Å². The van der Waals surface area contributed by atoms with Crippen molar-refractivity contribution in [3.8, 4) is 5.75 Å². The Morgan fingerprint density at radius 2 is 2.00 bits per heavy atom. The van der Waals surface area contributed by atoms with Crippen LogP contribution in [-0.4, -0.2) is 58.5 Å². The normalized spacial score (nSPS) is 16.6. The molecule has 0 radical (unpaired) electrons. The van der Waals surface area contributed by atoms with Crippen molar-refractivity contribution < 1.29 is 13.9 Å². The van der Waals surface area contributed by atoms with E-state index in [0.717, 1.165) is 42.6 Å². The molecule has 5 rings (SSSR count). The van der Waals surface area contributed by atoms with Crippen LogP contribution in [0.1, 0.15) is 41.9 Å². The van der Waals surface area contributed by atoms with Gasteiger partial charge in [-0.05, 0) is 49.8 Å². The van der Waals surface area contributed by atoms with Crippen LogP contribution in [-0.2, 0) is 24.2 Å². The number of aromatic amines is 1. The summed E-state index contributed by atoms with van der Waals surface area (Å²) in [6, 6.07) is 6.02. The Kier molecular flexibility index (Phi) is 6.92. The van der Waals surface area contributed by atoms with Crippen molar-refractivity contribution in [2.75, 3.05) is 32.8 Å². The third-order valence-electron chi connectivity index (χ3n) is 6.57. The van der Waals surface area contributed by atoms with Gasteiger partial charge in [-0.3, -0.25) is 14.5 Å². The van der Waals surface area contributed by atoms with Crippen LogP contribution in [0.4, 0.5) is 4.39 Å². The van der Waals surface area contributed by atoms with E-state index in [1.165, 1.54) is 29.0 Å². The van der Waals surface area contributed by atoms with E-state index in [1.807, 2.05) is 4.90 Å². The average molecular weight is 485 g/mol. The van der Waals surface area contributed by atoms with Crippen LogP contribution in [0, 0.1) is 5.82 Å². The average Bonchev–Trinajstić information content (AvgIpc) is 3.21. The molecule has 1 saturated heterocycles. The first-order valence-electron chi connectivity index (χ1n) is 12.0. The van der Waals surface area contributed by atoms with E-state index >= 15 is 0 Å². The van der Waals surface area contributed by atoms with Crippen LogP contribution in [0.5, 0.6) is 5.75 Å². The Labute approximate surface area is 201 Å². The number of nitrogens with one attached hydrogen (secondary N) is 1. The van der Waals surface area contributed by atoms with Crippen LogP contribution in [0.15, 0.2) is 29.1 Å². The summed E-state index contributed by atoms with van der Waals surface area (Å²) < 4.78 is 18.7. The maximum absolute atomic E-state index is 13.2. The molecule has 3 heterocycles. The number of hydrogen-bond donors (Lipinski definition) is 1. The van der Waals surface area contributed by atoms with Crippen LogP contribution >= 0.6 is 11.3 Å². The Morgan fingerprint density at radius 3 is 2.82 bits per heavy atom. The molecule has 0 bridgehead atoms. The molecule has 0 unspecified atom stereocenters. The SMILES string of the molecule is O=C(CCCOc1cccc(F)c1)N1CCN(Cc2nc3sc4c(c3c(=O)[nH]2)CCCC4)CC1. The zero-order valence-electron chi connectivity index (χ0n) is 19.1. The smallest absolute Gasteiger partial charge is 0.259 e. The van der Waals surface area contributed by atoms with Crippen molar-refractivity contribution in [1.29, 1.82) is 0 Å². The highest BCUT2D eigenvalue weighted by Gasteiger charge is 2.23. The molecule has 0 saturated carbocycles. The van der Waals surface area contributed by atoms with Crippen LogP contribution in [0.3, 0.4) is 0 Å². The largest absolute Gasteiger partial charge is 0.493 e. The van der Waals surface area contributed by atoms with Crippen LogP contribution in [0.2, 0.25) is 0 Å². The van der Waals surface area contributed by atoms with Gasteiger partial charge in [-0.2, -0.15) is 0 Å². The number of nitrogens with zero attached hydrogens (tertiary/aromatic N) is 3. The molecule has 2 aromatic heterocycles. The molecule has 1 fully saturated rings. The predicted molar refractivity (Wildman–Crippen MR) is 130 cm³/mol. The van der Waals surface area contributed by atoms with E-state index in [0.29, 0.717) is 50.7 Å². The molecule has 34 heavy (non-hydrogen) atoms. The summed E-state index contributed by atoms with van der Waals surface area (Å²) in [5, 5.41) is 0.792. The monoisotopic (exact) mass is 484 g/mol. The first-order valence-corrected chi connectivity index (χ1v) is 12.8. The number of H-pyrrole nitrogens is 1. The number of carbonyl (C=O) groups excluding carboxylic acids is 1. The number of halogens is 1. The minimum absolute atomic E-state index is 0.0197. The third-order valence-corrected chi connectivity index (χ3v) is 7.76. The number of carbonyl (C=O) groups is 1. The van der Waals surface area contributed by atoms with Gasteiger partial charge in [-0.25, -0.2) is 9.37 Å². The number of ether oxygens (including phenoxy) is 1. The van der Waals surface area contributed by atoms with Gasteiger partial charge < -0.3 is 14.6 Å². The fourth-order valence-electron chi connectivity index (χ4n) is 4.78. The number of hydrogen-bond acceptors (Lipinski definition) is 6. The van der Waals surface area contributed by atoms with E-state index in [2.05, 4.69) is 9.88 Å².